The highest BCUT2D eigenvalue weighted by Gasteiger charge is 2.12. The van der Waals surface area contributed by atoms with Crippen molar-refractivity contribution in [3.63, 3.8) is 0 Å². The molecule has 2 rings (SSSR count). The van der Waals surface area contributed by atoms with E-state index in [4.69, 9.17) is 4.74 Å². The molecular weight excluding hydrogens is 232 g/mol. The van der Waals surface area contributed by atoms with Gasteiger partial charge in [0.25, 0.3) is 0 Å². The molecule has 0 aliphatic heterocycles. The molecule has 0 bridgehead atoms. The summed E-state index contributed by atoms with van der Waals surface area (Å²) in [5.74, 6) is 0.930. The standard InChI is InChI=1S/C18H22O/c1-14-6-5-7-17(12-14)19-13-15-8-10-16(11-9-15)18(2,3)4/h5-12H,13H2,1-4H3. The first-order chi connectivity index (χ1) is 8.95. The van der Waals surface area contributed by atoms with Gasteiger partial charge in [0.05, 0.1) is 0 Å². The molecule has 0 amide bonds. The molecule has 2 aromatic carbocycles. The molecule has 0 saturated carbocycles. The average molecular weight is 254 g/mol. The fraction of sp³-hybridized carbons (Fsp3) is 0.333. The van der Waals surface area contributed by atoms with Crippen LogP contribution in [0.15, 0.2) is 48.5 Å². The van der Waals surface area contributed by atoms with Gasteiger partial charge in [0.15, 0.2) is 0 Å². The van der Waals surface area contributed by atoms with E-state index in [1.165, 1.54) is 16.7 Å². The summed E-state index contributed by atoms with van der Waals surface area (Å²) in [6.07, 6.45) is 0. The van der Waals surface area contributed by atoms with Crippen LogP contribution in [0.4, 0.5) is 0 Å². The first-order valence-electron chi connectivity index (χ1n) is 6.74. The van der Waals surface area contributed by atoms with Gasteiger partial charge in [-0.25, -0.2) is 0 Å². The number of ether oxygens (including phenoxy) is 1. The summed E-state index contributed by atoms with van der Waals surface area (Å²) in [5.41, 5.74) is 3.98. The van der Waals surface area contributed by atoms with Gasteiger partial charge >= 0.3 is 0 Å². The molecular formula is C18H22O. The van der Waals surface area contributed by atoms with Crippen LogP contribution in [0, 0.1) is 6.92 Å². The number of benzene rings is 2. The second-order valence-corrected chi connectivity index (χ2v) is 6.05. The molecule has 19 heavy (non-hydrogen) atoms. The fourth-order valence-corrected chi connectivity index (χ4v) is 1.97. The second-order valence-electron chi connectivity index (χ2n) is 6.05. The molecule has 0 unspecified atom stereocenters. The van der Waals surface area contributed by atoms with E-state index < -0.39 is 0 Å². The van der Waals surface area contributed by atoms with Crippen molar-refractivity contribution in [1.82, 2.24) is 0 Å². The van der Waals surface area contributed by atoms with E-state index in [0.717, 1.165) is 5.75 Å². The number of hydrogen-bond donors (Lipinski definition) is 0. The fourth-order valence-electron chi connectivity index (χ4n) is 1.97. The van der Waals surface area contributed by atoms with Crippen LogP contribution in [-0.2, 0) is 12.0 Å². The molecule has 0 fully saturated rings. The minimum absolute atomic E-state index is 0.204. The van der Waals surface area contributed by atoms with Crippen LogP contribution in [0.3, 0.4) is 0 Å². The summed E-state index contributed by atoms with van der Waals surface area (Å²) < 4.78 is 5.80. The van der Waals surface area contributed by atoms with Crippen molar-refractivity contribution in [2.75, 3.05) is 0 Å². The van der Waals surface area contributed by atoms with Crippen LogP contribution in [0.2, 0.25) is 0 Å². The highest BCUT2D eigenvalue weighted by Crippen LogP contribution is 2.22. The van der Waals surface area contributed by atoms with Gasteiger partial charge in [-0.1, -0.05) is 57.2 Å². The number of aryl methyl sites for hydroxylation is 1. The molecule has 0 saturated heterocycles. The van der Waals surface area contributed by atoms with E-state index in [1.54, 1.807) is 0 Å². The Kier molecular flexibility index (Phi) is 3.94. The van der Waals surface area contributed by atoms with E-state index in [2.05, 4.69) is 64.1 Å². The zero-order chi connectivity index (χ0) is 13.9. The first kappa shape index (κ1) is 13.7. The third-order valence-corrected chi connectivity index (χ3v) is 3.22. The molecule has 0 radical (unpaired) electrons. The van der Waals surface area contributed by atoms with Crippen molar-refractivity contribution < 1.29 is 4.74 Å². The largest absolute Gasteiger partial charge is 0.489 e. The van der Waals surface area contributed by atoms with Gasteiger partial charge < -0.3 is 4.74 Å². The van der Waals surface area contributed by atoms with Crippen LogP contribution in [0.25, 0.3) is 0 Å². The molecule has 2 aromatic rings. The average Bonchev–Trinajstić information content (AvgIpc) is 2.36. The number of hydrogen-bond acceptors (Lipinski definition) is 1. The van der Waals surface area contributed by atoms with Crippen LogP contribution in [-0.4, -0.2) is 0 Å². The van der Waals surface area contributed by atoms with Gasteiger partial charge in [0, 0.05) is 0 Å². The molecule has 0 heterocycles. The topological polar surface area (TPSA) is 9.23 Å². The monoisotopic (exact) mass is 254 g/mol. The molecule has 100 valence electrons. The summed E-state index contributed by atoms with van der Waals surface area (Å²) in [6.45, 7) is 9.38. The Morgan fingerprint density at radius 1 is 0.947 bits per heavy atom. The highest BCUT2D eigenvalue weighted by molar-refractivity contribution is 5.29. The molecule has 0 aliphatic carbocycles. The Balaban J connectivity index is 2.01. The maximum Gasteiger partial charge on any atom is 0.120 e. The predicted octanol–water partition coefficient (Wildman–Crippen LogP) is 4.87. The van der Waals surface area contributed by atoms with Gasteiger partial charge in [-0.3, -0.25) is 0 Å². The van der Waals surface area contributed by atoms with Gasteiger partial charge in [0.1, 0.15) is 12.4 Å². The normalized spacial score (nSPS) is 11.4. The van der Waals surface area contributed by atoms with E-state index in [1.807, 2.05) is 12.1 Å². The van der Waals surface area contributed by atoms with E-state index in [9.17, 15) is 0 Å². The Morgan fingerprint density at radius 2 is 1.63 bits per heavy atom. The van der Waals surface area contributed by atoms with Crippen LogP contribution < -0.4 is 4.74 Å². The summed E-state index contributed by atoms with van der Waals surface area (Å²) >= 11 is 0. The number of rotatable bonds is 3. The van der Waals surface area contributed by atoms with Crippen molar-refractivity contribution >= 4 is 0 Å². The lowest BCUT2D eigenvalue weighted by molar-refractivity contribution is 0.306. The predicted molar refractivity (Wildman–Crippen MR) is 80.7 cm³/mol. The molecule has 0 N–H and O–H groups in total. The summed E-state index contributed by atoms with van der Waals surface area (Å²) in [4.78, 5) is 0. The van der Waals surface area contributed by atoms with Crippen LogP contribution >= 0.6 is 0 Å². The summed E-state index contributed by atoms with van der Waals surface area (Å²) in [7, 11) is 0. The van der Waals surface area contributed by atoms with Gasteiger partial charge in [0.2, 0.25) is 0 Å². The minimum atomic E-state index is 0.204. The van der Waals surface area contributed by atoms with Crippen molar-refractivity contribution in [2.24, 2.45) is 0 Å². The van der Waals surface area contributed by atoms with E-state index in [0.29, 0.717) is 6.61 Å². The SMILES string of the molecule is Cc1cccc(OCc2ccc(C(C)(C)C)cc2)c1. The highest BCUT2D eigenvalue weighted by atomic mass is 16.5. The molecule has 0 aromatic heterocycles. The third kappa shape index (κ3) is 3.85. The van der Waals surface area contributed by atoms with Crippen LogP contribution in [0.5, 0.6) is 5.75 Å². The Bertz CT molecular complexity index is 532. The quantitative estimate of drug-likeness (QED) is 0.759. The van der Waals surface area contributed by atoms with Gasteiger partial charge in [-0.15, -0.1) is 0 Å². The van der Waals surface area contributed by atoms with Crippen molar-refractivity contribution in [3.8, 4) is 5.75 Å². The lowest BCUT2D eigenvalue weighted by atomic mass is 9.87. The van der Waals surface area contributed by atoms with Crippen molar-refractivity contribution in [2.45, 2.75) is 39.7 Å². The summed E-state index contributed by atoms with van der Waals surface area (Å²) in [5, 5.41) is 0. The van der Waals surface area contributed by atoms with Gasteiger partial charge in [-0.05, 0) is 41.2 Å². The lowest BCUT2D eigenvalue weighted by Gasteiger charge is -2.19. The van der Waals surface area contributed by atoms with Gasteiger partial charge in [-0.2, -0.15) is 0 Å². The molecule has 1 nitrogen and oxygen atoms in total. The Morgan fingerprint density at radius 3 is 2.21 bits per heavy atom. The van der Waals surface area contributed by atoms with Crippen LogP contribution in [0.1, 0.15) is 37.5 Å². The Hall–Kier alpha value is -1.76. The lowest BCUT2D eigenvalue weighted by Crippen LogP contribution is -2.10. The summed E-state index contributed by atoms with van der Waals surface area (Å²) in [6, 6.07) is 16.8. The molecule has 0 atom stereocenters. The minimum Gasteiger partial charge on any atom is -0.489 e. The second kappa shape index (κ2) is 5.48. The van der Waals surface area contributed by atoms with Crippen molar-refractivity contribution in [1.29, 1.82) is 0 Å². The smallest absolute Gasteiger partial charge is 0.120 e. The first-order valence-corrected chi connectivity index (χ1v) is 6.74. The Labute approximate surface area is 116 Å². The molecule has 0 spiro atoms. The van der Waals surface area contributed by atoms with E-state index >= 15 is 0 Å². The van der Waals surface area contributed by atoms with E-state index in [-0.39, 0.29) is 5.41 Å². The zero-order valence-electron chi connectivity index (χ0n) is 12.2. The zero-order valence-corrected chi connectivity index (χ0v) is 12.2. The third-order valence-electron chi connectivity index (χ3n) is 3.22. The molecule has 1 heteroatoms. The maximum absolute atomic E-state index is 5.80. The van der Waals surface area contributed by atoms with Crippen molar-refractivity contribution in [3.05, 3.63) is 65.2 Å². The maximum atomic E-state index is 5.80. The molecule has 0 aliphatic rings.